The quantitative estimate of drug-likeness (QED) is 0.591. The number of benzene rings is 2. The van der Waals surface area contributed by atoms with E-state index in [1.54, 1.807) is 24.3 Å². The molecule has 1 fully saturated rings. The van der Waals surface area contributed by atoms with Crippen molar-refractivity contribution in [2.24, 2.45) is 0 Å². The van der Waals surface area contributed by atoms with Crippen LogP contribution in [0.2, 0.25) is 5.02 Å². The van der Waals surface area contributed by atoms with Gasteiger partial charge in [0.05, 0.1) is 10.6 Å². The van der Waals surface area contributed by atoms with E-state index in [4.69, 9.17) is 16.0 Å². The number of aromatic nitrogens is 1. The molecule has 0 saturated carbocycles. The van der Waals surface area contributed by atoms with Crippen molar-refractivity contribution in [1.82, 2.24) is 14.2 Å². The Morgan fingerprint density at radius 1 is 0.967 bits per heavy atom. The van der Waals surface area contributed by atoms with Crippen LogP contribution in [0.1, 0.15) is 17.0 Å². The van der Waals surface area contributed by atoms with E-state index in [-0.39, 0.29) is 4.90 Å². The van der Waals surface area contributed by atoms with Gasteiger partial charge in [-0.15, -0.1) is 0 Å². The second kappa shape index (κ2) is 8.51. The summed E-state index contributed by atoms with van der Waals surface area (Å²) in [5.41, 5.74) is 3.03. The molecular formula is C22H24ClN3O3S. The summed E-state index contributed by atoms with van der Waals surface area (Å²) in [4.78, 5) is 7.15. The van der Waals surface area contributed by atoms with Crippen molar-refractivity contribution in [3.63, 3.8) is 0 Å². The van der Waals surface area contributed by atoms with Crippen LogP contribution in [0.25, 0.3) is 11.5 Å². The van der Waals surface area contributed by atoms with Gasteiger partial charge in [0, 0.05) is 43.3 Å². The number of sulfonamides is 1. The minimum absolute atomic E-state index is 0.274. The van der Waals surface area contributed by atoms with Crippen LogP contribution in [-0.4, -0.2) is 48.8 Å². The Balaban J connectivity index is 1.40. The third-order valence-electron chi connectivity index (χ3n) is 5.35. The molecule has 2 heterocycles. The Kier molecular flexibility index (Phi) is 5.97. The SMILES string of the molecule is Cc1ccc(-c2nc(CN3CCN(S(=O)(=O)c4ccc(Cl)cc4)CC3)c(C)o2)cc1. The van der Waals surface area contributed by atoms with Gasteiger partial charge in [-0.2, -0.15) is 4.31 Å². The van der Waals surface area contributed by atoms with Crippen molar-refractivity contribution >= 4 is 21.6 Å². The van der Waals surface area contributed by atoms with Crippen LogP contribution in [0, 0.1) is 13.8 Å². The highest BCUT2D eigenvalue weighted by Crippen LogP contribution is 2.24. The van der Waals surface area contributed by atoms with E-state index in [2.05, 4.69) is 9.88 Å². The van der Waals surface area contributed by atoms with Gasteiger partial charge >= 0.3 is 0 Å². The lowest BCUT2D eigenvalue weighted by Gasteiger charge is -2.33. The Morgan fingerprint density at radius 3 is 2.23 bits per heavy atom. The van der Waals surface area contributed by atoms with E-state index >= 15 is 0 Å². The van der Waals surface area contributed by atoms with Gasteiger partial charge in [-0.1, -0.05) is 29.3 Å². The van der Waals surface area contributed by atoms with Gasteiger partial charge in [-0.05, 0) is 50.2 Å². The molecule has 3 aromatic rings. The van der Waals surface area contributed by atoms with Crippen LogP contribution in [0.4, 0.5) is 0 Å². The molecule has 0 atom stereocenters. The zero-order chi connectivity index (χ0) is 21.3. The van der Waals surface area contributed by atoms with E-state index < -0.39 is 10.0 Å². The van der Waals surface area contributed by atoms with Crippen molar-refractivity contribution < 1.29 is 12.8 Å². The standard InChI is InChI=1S/C22H24ClN3O3S/c1-16-3-5-18(6-4-16)22-24-21(17(2)29-22)15-25-11-13-26(14-12-25)30(27,28)20-9-7-19(23)8-10-20/h3-10H,11-15H2,1-2H3. The van der Waals surface area contributed by atoms with Crippen LogP contribution >= 0.6 is 11.6 Å². The molecule has 0 aliphatic carbocycles. The van der Waals surface area contributed by atoms with E-state index in [0.29, 0.717) is 43.6 Å². The molecule has 2 aromatic carbocycles. The summed E-state index contributed by atoms with van der Waals surface area (Å²) in [5, 5.41) is 0.520. The smallest absolute Gasteiger partial charge is 0.243 e. The Labute approximate surface area is 182 Å². The van der Waals surface area contributed by atoms with E-state index in [1.165, 1.54) is 9.87 Å². The minimum atomic E-state index is -3.50. The maximum absolute atomic E-state index is 12.8. The third kappa shape index (κ3) is 4.44. The lowest BCUT2D eigenvalue weighted by Crippen LogP contribution is -2.48. The van der Waals surface area contributed by atoms with Gasteiger partial charge < -0.3 is 4.42 Å². The summed E-state index contributed by atoms with van der Waals surface area (Å²) in [6.45, 7) is 6.75. The number of hydrogen-bond acceptors (Lipinski definition) is 5. The molecule has 1 aromatic heterocycles. The highest BCUT2D eigenvalue weighted by Gasteiger charge is 2.29. The molecule has 1 aliphatic heterocycles. The average molecular weight is 446 g/mol. The molecule has 0 amide bonds. The lowest BCUT2D eigenvalue weighted by molar-refractivity contribution is 0.179. The molecule has 0 spiro atoms. The topological polar surface area (TPSA) is 66.7 Å². The first kappa shape index (κ1) is 21.1. The highest BCUT2D eigenvalue weighted by atomic mass is 35.5. The van der Waals surface area contributed by atoms with Gasteiger partial charge in [0.25, 0.3) is 0 Å². The number of aryl methyl sites for hydroxylation is 2. The van der Waals surface area contributed by atoms with Crippen molar-refractivity contribution in [3.05, 3.63) is 70.6 Å². The minimum Gasteiger partial charge on any atom is -0.441 e. The molecule has 8 heteroatoms. The highest BCUT2D eigenvalue weighted by molar-refractivity contribution is 7.89. The van der Waals surface area contributed by atoms with Gasteiger partial charge in [0.15, 0.2) is 0 Å². The molecular weight excluding hydrogens is 422 g/mol. The average Bonchev–Trinajstić information content (AvgIpc) is 3.09. The number of halogens is 1. The molecule has 4 rings (SSSR count). The predicted octanol–water partition coefficient (Wildman–Crippen LogP) is 4.12. The number of rotatable bonds is 5. The van der Waals surface area contributed by atoms with Gasteiger partial charge in [-0.3, -0.25) is 4.90 Å². The van der Waals surface area contributed by atoms with E-state index in [9.17, 15) is 8.42 Å². The Bertz CT molecular complexity index is 1120. The first-order valence-corrected chi connectivity index (χ1v) is 11.7. The summed E-state index contributed by atoms with van der Waals surface area (Å²) >= 11 is 5.88. The Hall–Kier alpha value is -2.19. The molecule has 158 valence electrons. The monoisotopic (exact) mass is 445 g/mol. The lowest BCUT2D eigenvalue weighted by atomic mass is 10.1. The summed E-state index contributed by atoms with van der Waals surface area (Å²) < 4.78 is 33.1. The first-order valence-electron chi connectivity index (χ1n) is 9.84. The van der Waals surface area contributed by atoms with Crippen LogP contribution in [0.15, 0.2) is 57.8 Å². The van der Waals surface area contributed by atoms with Crippen LogP contribution in [0.3, 0.4) is 0 Å². The van der Waals surface area contributed by atoms with Gasteiger partial charge in [0.1, 0.15) is 5.76 Å². The van der Waals surface area contributed by atoms with Crippen molar-refractivity contribution in [2.45, 2.75) is 25.3 Å². The molecule has 0 radical (unpaired) electrons. The fraction of sp³-hybridized carbons (Fsp3) is 0.318. The normalized spacial score (nSPS) is 16.1. The first-order chi connectivity index (χ1) is 14.3. The molecule has 0 unspecified atom stereocenters. The second-order valence-corrected chi connectivity index (χ2v) is 9.90. The summed E-state index contributed by atoms with van der Waals surface area (Å²) in [6.07, 6.45) is 0. The fourth-order valence-electron chi connectivity index (χ4n) is 3.49. The van der Waals surface area contributed by atoms with Crippen LogP contribution in [-0.2, 0) is 16.6 Å². The maximum Gasteiger partial charge on any atom is 0.243 e. The molecule has 0 N–H and O–H groups in total. The predicted molar refractivity (Wildman–Crippen MR) is 117 cm³/mol. The van der Waals surface area contributed by atoms with Crippen molar-refractivity contribution in [1.29, 1.82) is 0 Å². The number of hydrogen-bond donors (Lipinski definition) is 0. The second-order valence-electron chi connectivity index (χ2n) is 7.52. The van der Waals surface area contributed by atoms with Crippen LogP contribution in [0.5, 0.6) is 0 Å². The summed E-state index contributed by atoms with van der Waals surface area (Å²) in [5.74, 6) is 1.41. The zero-order valence-electron chi connectivity index (χ0n) is 17.0. The van der Waals surface area contributed by atoms with Crippen molar-refractivity contribution in [2.75, 3.05) is 26.2 Å². The fourth-order valence-corrected chi connectivity index (χ4v) is 5.04. The van der Waals surface area contributed by atoms with Crippen LogP contribution < -0.4 is 0 Å². The maximum atomic E-state index is 12.8. The summed E-state index contributed by atoms with van der Waals surface area (Å²) in [7, 11) is -3.50. The molecule has 0 bridgehead atoms. The van der Waals surface area contributed by atoms with Crippen molar-refractivity contribution in [3.8, 4) is 11.5 Å². The van der Waals surface area contributed by atoms with E-state index in [0.717, 1.165) is 17.0 Å². The van der Waals surface area contributed by atoms with Gasteiger partial charge in [0.2, 0.25) is 15.9 Å². The molecule has 1 aliphatic rings. The molecule has 30 heavy (non-hydrogen) atoms. The van der Waals surface area contributed by atoms with E-state index in [1.807, 2.05) is 38.1 Å². The molecule has 1 saturated heterocycles. The molecule has 6 nitrogen and oxygen atoms in total. The largest absolute Gasteiger partial charge is 0.441 e. The summed E-state index contributed by atoms with van der Waals surface area (Å²) in [6, 6.07) is 14.4. The zero-order valence-corrected chi connectivity index (χ0v) is 18.6. The number of piperazine rings is 1. The Morgan fingerprint density at radius 2 is 1.60 bits per heavy atom. The number of nitrogens with zero attached hydrogens (tertiary/aromatic N) is 3. The number of oxazole rings is 1. The third-order valence-corrected chi connectivity index (χ3v) is 7.51. The van der Waals surface area contributed by atoms with Gasteiger partial charge in [-0.25, -0.2) is 13.4 Å².